The number of phenolic OH excluding ortho intramolecular Hbond substituents is 1. The number of carboxylic acids is 1. The van der Waals surface area contributed by atoms with Gasteiger partial charge in [-0.2, -0.15) is 0 Å². The predicted molar refractivity (Wildman–Crippen MR) is 210 cm³/mol. The summed E-state index contributed by atoms with van der Waals surface area (Å²) in [5, 5.41) is 45.8. The van der Waals surface area contributed by atoms with Gasteiger partial charge in [0.15, 0.2) is 0 Å². The molecule has 1 aromatic rings. The first-order valence-electron chi connectivity index (χ1n) is 19.5. The number of hydrogen-bond acceptors (Lipinski definition) is 11. The molecular weight excluding hydrogens is 756 g/mol. The first kappa shape index (κ1) is 47.1. The third-order valence-electron chi connectivity index (χ3n) is 9.75. The number of rotatable bonds is 8. The molecule has 0 saturated carbocycles. The Labute approximate surface area is 338 Å². The van der Waals surface area contributed by atoms with Crippen molar-refractivity contribution in [3.05, 3.63) is 29.8 Å². The standard InChI is InChI=1S/C39H60N8O11/c1-20(2)16-25-33(53)42-26(18-30(51)52)34(54)44-31(22(4)48)36(56)40-21(3)32(37(57)45-39(5,6)7)47-15-9-10-28(47)35(55)43-27(17-23-11-13-24(49)14-12-23)38(58)46(8)19-29(50)41-25/h11-14,20-22,25-28,31-32,48-49H,9-10,15-19H2,1-8H3,(H,40,56)(H,41,50)(H,42,53)(H,43,55)(H,44,54)(H,45,57)(H,51,52)/t21?,22-,25+,26-,27+,28+,31?,32-/m1/s1. The van der Waals surface area contributed by atoms with Gasteiger partial charge in [-0.05, 0) is 84.0 Å². The third kappa shape index (κ3) is 13.7. The number of nitrogens with one attached hydrogen (secondary N) is 6. The number of benzene rings is 1. The van der Waals surface area contributed by atoms with Crippen molar-refractivity contribution in [1.29, 1.82) is 0 Å². The lowest BCUT2D eigenvalue weighted by Gasteiger charge is -2.38. The molecule has 2 fully saturated rings. The van der Waals surface area contributed by atoms with Gasteiger partial charge in [-0.25, -0.2) is 0 Å². The minimum Gasteiger partial charge on any atom is -0.508 e. The van der Waals surface area contributed by atoms with E-state index in [0.717, 1.165) is 4.90 Å². The average Bonchev–Trinajstić information content (AvgIpc) is 3.57. The maximum absolute atomic E-state index is 14.2. The summed E-state index contributed by atoms with van der Waals surface area (Å²) in [6, 6.07) is -3.17. The van der Waals surface area contributed by atoms with Crippen molar-refractivity contribution >= 4 is 47.3 Å². The summed E-state index contributed by atoms with van der Waals surface area (Å²) in [7, 11) is 1.34. The lowest BCUT2D eigenvalue weighted by atomic mass is 10.0. The Morgan fingerprint density at radius 2 is 1.47 bits per heavy atom. The van der Waals surface area contributed by atoms with Gasteiger partial charge in [-0.15, -0.1) is 0 Å². The van der Waals surface area contributed by atoms with Gasteiger partial charge < -0.3 is 52.1 Å². The van der Waals surface area contributed by atoms with Crippen molar-refractivity contribution < 1.29 is 53.7 Å². The largest absolute Gasteiger partial charge is 0.508 e. The molecule has 2 unspecified atom stereocenters. The van der Waals surface area contributed by atoms with Crippen LogP contribution in [0.4, 0.5) is 0 Å². The second kappa shape index (κ2) is 20.4. The van der Waals surface area contributed by atoms with E-state index in [0.29, 0.717) is 12.0 Å². The van der Waals surface area contributed by atoms with Crippen LogP contribution in [-0.4, -0.2) is 147 Å². The van der Waals surface area contributed by atoms with E-state index in [2.05, 4.69) is 31.9 Å². The number of carbonyl (C=O) groups excluding carboxylic acids is 7. The van der Waals surface area contributed by atoms with Crippen LogP contribution in [0.2, 0.25) is 0 Å². The zero-order valence-corrected chi connectivity index (χ0v) is 34.5. The maximum Gasteiger partial charge on any atom is 0.305 e. The Kier molecular flexibility index (Phi) is 16.6. The third-order valence-corrected chi connectivity index (χ3v) is 9.75. The molecule has 0 radical (unpaired) electrons. The molecule has 19 nitrogen and oxygen atoms in total. The van der Waals surface area contributed by atoms with Crippen LogP contribution < -0.4 is 31.9 Å². The summed E-state index contributed by atoms with van der Waals surface area (Å²) >= 11 is 0. The van der Waals surface area contributed by atoms with Crippen LogP contribution in [0.1, 0.15) is 79.7 Å². The Bertz CT molecular complexity index is 1680. The number of aliphatic carboxylic acids is 1. The number of likely N-dealkylation sites (N-methyl/N-ethyl adjacent to an activating group) is 1. The maximum atomic E-state index is 14.2. The number of carboxylic acid groups (broad SMARTS) is 1. The summed E-state index contributed by atoms with van der Waals surface area (Å²) in [5.74, 6) is -7.23. The second-order valence-electron chi connectivity index (χ2n) is 16.6. The van der Waals surface area contributed by atoms with Gasteiger partial charge in [0, 0.05) is 19.0 Å². The molecule has 3 rings (SSSR count). The van der Waals surface area contributed by atoms with Gasteiger partial charge in [0.1, 0.15) is 36.0 Å². The van der Waals surface area contributed by atoms with Crippen LogP contribution in [-0.2, 0) is 44.8 Å². The van der Waals surface area contributed by atoms with Crippen molar-refractivity contribution in [2.45, 2.75) is 135 Å². The highest BCUT2D eigenvalue weighted by atomic mass is 16.4. The number of phenols is 1. The van der Waals surface area contributed by atoms with Crippen LogP contribution in [0.15, 0.2) is 24.3 Å². The highest BCUT2D eigenvalue weighted by molar-refractivity contribution is 5.97. The first-order valence-corrected chi connectivity index (χ1v) is 19.5. The lowest BCUT2D eigenvalue weighted by Crippen LogP contribution is -2.65. The number of hydrogen-bond donors (Lipinski definition) is 9. The van der Waals surface area contributed by atoms with E-state index < -0.39 is 114 Å². The smallest absolute Gasteiger partial charge is 0.305 e. The Balaban J connectivity index is 2.15. The van der Waals surface area contributed by atoms with Crippen LogP contribution in [0.3, 0.4) is 0 Å². The summed E-state index contributed by atoms with van der Waals surface area (Å²) in [6.07, 6.45) is -1.71. The van der Waals surface area contributed by atoms with Crippen LogP contribution >= 0.6 is 0 Å². The number of fused-ring (bicyclic) bond motifs is 1. The quantitative estimate of drug-likeness (QED) is 0.145. The molecule has 2 saturated heterocycles. The fraction of sp³-hybridized carbons (Fsp3) is 0.641. The van der Waals surface area contributed by atoms with Gasteiger partial charge in [-0.1, -0.05) is 26.0 Å². The number of aliphatic hydroxyl groups excluding tert-OH is 1. The van der Waals surface area contributed by atoms with Crippen molar-refractivity contribution in [3.8, 4) is 5.75 Å². The SMILES string of the molecule is CC(C)C[C@@H]1NC(=O)CN(C)C(=O)[C@H](Cc2ccc(O)cc2)NC(=O)[C@@H]2CCCN2[C@@H](C(=O)NC(C)(C)C)C(C)NC(=O)C([C@@H](C)O)NC(=O)[C@@H](CC(=O)O)NC1=O. The minimum atomic E-state index is -1.75. The Morgan fingerprint density at radius 3 is 2.03 bits per heavy atom. The molecule has 322 valence electrons. The number of carbonyl (C=O) groups is 8. The zero-order chi connectivity index (χ0) is 43.6. The molecule has 2 heterocycles. The molecule has 0 bridgehead atoms. The molecule has 9 N–H and O–H groups in total. The van der Waals surface area contributed by atoms with E-state index in [1.165, 1.54) is 33.0 Å². The monoisotopic (exact) mass is 816 g/mol. The fourth-order valence-electron chi connectivity index (χ4n) is 7.06. The molecule has 58 heavy (non-hydrogen) atoms. The average molecular weight is 817 g/mol. The molecule has 2 aliphatic rings. The number of aromatic hydroxyl groups is 1. The topological polar surface area (TPSA) is 276 Å². The van der Waals surface area contributed by atoms with Gasteiger partial charge in [0.25, 0.3) is 0 Å². The van der Waals surface area contributed by atoms with E-state index in [4.69, 9.17) is 0 Å². The molecule has 7 amide bonds. The molecule has 19 heteroatoms. The van der Waals surface area contributed by atoms with E-state index in [1.807, 2.05) is 0 Å². The van der Waals surface area contributed by atoms with Crippen molar-refractivity contribution in [1.82, 2.24) is 41.7 Å². The molecule has 1 aromatic carbocycles. The highest BCUT2D eigenvalue weighted by Crippen LogP contribution is 2.24. The van der Waals surface area contributed by atoms with Gasteiger partial charge in [0.05, 0.1) is 31.2 Å². The second-order valence-corrected chi connectivity index (χ2v) is 16.6. The summed E-state index contributed by atoms with van der Waals surface area (Å²) < 4.78 is 0. The molecule has 2 aliphatic heterocycles. The van der Waals surface area contributed by atoms with Gasteiger partial charge in [-0.3, -0.25) is 43.3 Å². The summed E-state index contributed by atoms with van der Waals surface area (Å²) in [4.78, 5) is 111. The number of aliphatic hydroxyl groups is 1. The lowest BCUT2D eigenvalue weighted by molar-refractivity contribution is -0.142. The van der Waals surface area contributed by atoms with Crippen LogP contribution in [0, 0.1) is 5.92 Å². The number of amides is 7. The van der Waals surface area contributed by atoms with Crippen LogP contribution in [0.25, 0.3) is 0 Å². The minimum absolute atomic E-state index is 0.0172. The van der Waals surface area contributed by atoms with E-state index in [9.17, 15) is 53.7 Å². The molecule has 0 aliphatic carbocycles. The van der Waals surface area contributed by atoms with Gasteiger partial charge in [0.2, 0.25) is 41.4 Å². The van der Waals surface area contributed by atoms with Crippen LogP contribution in [0.5, 0.6) is 5.75 Å². The normalized spacial score (nSPS) is 26.9. The fourth-order valence-corrected chi connectivity index (χ4v) is 7.06. The predicted octanol–water partition coefficient (Wildman–Crippen LogP) is -1.50. The zero-order valence-electron chi connectivity index (χ0n) is 34.5. The molecule has 8 atom stereocenters. The highest BCUT2D eigenvalue weighted by Gasteiger charge is 2.44. The Hall–Kier alpha value is -5.30. The van der Waals surface area contributed by atoms with E-state index in [1.54, 1.807) is 51.7 Å². The summed E-state index contributed by atoms with van der Waals surface area (Å²) in [6.45, 7) is 11.2. The summed E-state index contributed by atoms with van der Waals surface area (Å²) in [5.41, 5.74) is -0.172. The van der Waals surface area contributed by atoms with Gasteiger partial charge >= 0.3 is 5.97 Å². The van der Waals surface area contributed by atoms with E-state index >= 15 is 0 Å². The first-order chi connectivity index (χ1) is 27.0. The molecule has 0 aromatic heterocycles. The molecule has 0 spiro atoms. The number of nitrogens with zero attached hydrogens (tertiary/aromatic N) is 2. The van der Waals surface area contributed by atoms with Crippen molar-refractivity contribution in [3.63, 3.8) is 0 Å². The Morgan fingerprint density at radius 1 is 0.862 bits per heavy atom. The molecular formula is C39H60N8O11. The van der Waals surface area contributed by atoms with Crippen molar-refractivity contribution in [2.75, 3.05) is 20.1 Å². The van der Waals surface area contributed by atoms with E-state index in [-0.39, 0.29) is 37.5 Å². The van der Waals surface area contributed by atoms with Crippen molar-refractivity contribution in [2.24, 2.45) is 5.92 Å².